The summed E-state index contributed by atoms with van der Waals surface area (Å²) in [6.45, 7) is 2.54. The maximum atomic E-state index is 14.3. The summed E-state index contributed by atoms with van der Waals surface area (Å²) in [5.74, 6) is -7.59. The number of phenolic OH excluding ortho intramolecular Hbond substituents is 1. The highest BCUT2D eigenvalue weighted by Gasteiger charge is 2.64. The molecule has 3 aliphatic carbocycles. The molecule has 0 aromatic heterocycles. The van der Waals surface area contributed by atoms with Crippen LogP contribution in [0.15, 0.2) is 47.2 Å². The number of aliphatic hydroxyl groups is 3. The average Bonchev–Trinajstić information content (AvgIpc) is 3.01. The number of likely N-dealkylation sites (N-methyl/N-ethyl adjacent to an activating group) is 1. The van der Waals surface area contributed by atoms with Crippen LogP contribution >= 0.6 is 0 Å². The fourth-order valence-electron chi connectivity index (χ4n) is 7.31. The van der Waals surface area contributed by atoms with E-state index in [2.05, 4.69) is 5.32 Å². The van der Waals surface area contributed by atoms with E-state index >= 15 is 0 Å². The van der Waals surface area contributed by atoms with Crippen molar-refractivity contribution in [1.82, 2.24) is 10.2 Å². The molecule has 254 valence electrons. The lowest BCUT2D eigenvalue weighted by Gasteiger charge is -2.50. The number of rotatable bonds is 8. The van der Waals surface area contributed by atoms with Crippen molar-refractivity contribution < 1.29 is 49.1 Å². The van der Waals surface area contributed by atoms with Gasteiger partial charge in [-0.05, 0) is 76.0 Å². The van der Waals surface area contributed by atoms with Crippen LogP contribution in [0.3, 0.4) is 0 Å². The summed E-state index contributed by atoms with van der Waals surface area (Å²) in [6.07, 6.45) is 0.145. The second kappa shape index (κ2) is 12.5. The zero-order chi connectivity index (χ0) is 35.4. The first kappa shape index (κ1) is 34.3. The number of nitrogens with zero attached hydrogens (tertiary/aromatic N) is 2. The lowest BCUT2D eigenvalue weighted by molar-refractivity contribution is -0.153. The molecule has 1 fully saturated rings. The molecule has 5 rings (SSSR count). The second-order valence-corrected chi connectivity index (χ2v) is 12.8. The summed E-state index contributed by atoms with van der Waals surface area (Å²) < 4.78 is 4.85. The molecule has 2 aromatic carbocycles. The van der Waals surface area contributed by atoms with Gasteiger partial charge in [0.25, 0.3) is 5.91 Å². The van der Waals surface area contributed by atoms with E-state index < -0.39 is 69.8 Å². The number of carbonyl (C=O) groups is 5. The molecule has 0 saturated heterocycles. The molecule has 0 aliphatic heterocycles. The Morgan fingerprint density at radius 1 is 1.06 bits per heavy atom. The van der Waals surface area contributed by atoms with Crippen LogP contribution in [0.4, 0.5) is 5.69 Å². The Morgan fingerprint density at radius 2 is 1.75 bits per heavy atom. The number of ketones is 3. The number of ether oxygens (including phenoxy) is 1. The number of Topliss-reactive ketones (excluding diaryl/α,β-unsaturated/α-hetero) is 3. The van der Waals surface area contributed by atoms with Crippen LogP contribution in [0, 0.1) is 11.8 Å². The van der Waals surface area contributed by atoms with E-state index in [0.717, 1.165) is 6.92 Å². The van der Waals surface area contributed by atoms with E-state index in [1.807, 2.05) is 0 Å². The molecule has 3 aliphatic rings. The van der Waals surface area contributed by atoms with Crippen molar-refractivity contribution in [3.05, 3.63) is 63.9 Å². The van der Waals surface area contributed by atoms with Crippen molar-refractivity contribution in [2.45, 2.75) is 38.3 Å². The van der Waals surface area contributed by atoms with Gasteiger partial charge >= 0.3 is 5.97 Å². The zero-order valence-electron chi connectivity index (χ0n) is 27.6. The predicted molar refractivity (Wildman–Crippen MR) is 174 cm³/mol. The molecule has 1 amide bonds. The summed E-state index contributed by atoms with van der Waals surface area (Å²) in [5.41, 5.74) is -1.72. The van der Waals surface area contributed by atoms with Gasteiger partial charge in [-0.25, -0.2) is 0 Å². The molecular weight excluding hydrogens is 622 g/mol. The fraction of sp³-hybridized carbons (Fsp3) is 0.400. The molecule has 0 radical (unpaired) electrons. The van der Waals surface area contributed by atoms with Gasteiger partial charge in [0.1, 0.15) is 29.4 Å². The number of phenols is 1. The van der Waals surface area contributed by atoms with Gasteiger partial charge in [-0.3, -0.25) is 28.9 Å². The number of aliphatic hydroxyl groups excluding tert-OH is 2. The van der Waals surface area contributed by atoms with Gasteiger partial charge in [-0.1, -0.05) is 12.1 Å². The standard InChI is InChI=1S/C35H39N3O10/c1-7-48-24(40)15-36-34(46)18-10-8-9-17(11-18)20-14-23(37(3)4)21-12-19-13-22-28(38(5)6)31(43)25(16(2)39)32(44)35(22,47)33(45)26(19)30(42)27(21)29(20)41/h8-11,14,19,22,28,41-42,44,47H,7,12-13,15H2,1-6H3,(H,36,46)/t19-,22-,28+,35+/m0/s1. The molecule has 4 atom stereocenters. The van der Waals surface area contributed by atoms with Crippen LogP contribution in [0.5, 0.6) is 5.75 Å². The van der Waals surface area contributed by atoms with Crippen molar-refractivity contribution in [3.63, 3.8) is 0 Å². The maximum absolute atomic E-state index is 14.3. The van der Waals surface area contributed by atoms with E-state index in [4.69, 9.17) is 4.74 Å². The van der Waals surface area contributed by atoms with Gasteiger partial charge in [0, 0.05) is 42.4 Å². The molecule has 0 spiro atoms. The van der Waals surface area contributed by atoms with Crippen molar-refractivity contribution in [1.29, 1.82) is 0 Å². The van der Waals surface area contributed by atoms with E-state index in [1.54, 1.807) is 58.2 Å². The Bertz CT molecular complexity index is 1820. The first-order valence-electron chi connectivity index (χ1n) is 15.5. The Kier molecular flexibility index (Phi) is 8.97. The van der Waals surface area contributed by atoms with Crippen LogP contribution in [0.2, 0.25) is 0 Å². The topological polar surface area (TPSA) is 194 Å². The highest BCUT2D eigenvalue weighted by atomic mass is 16.5. The fourth-order valence-corrected chi connectivity index (χ4v) is 7.31. The number of esters is 1. The molecule has 0 bridgehead atoms. The Hall–Kier alpha value is -5.01. The molecule has 13 nitrogen and oxygen atoms in total. The molecule has 48 heavy (non-hydrogen) atoms. The molecule has 0 heterocycles. The minimum Gasteiger partial charge on any atom is -0.508 e. The summed E-state index contributed by atoms with van der Waals surface area (Å²) in [7, 11) is 6.69. The van der Waals surface area contributed by atoms with Crippen LogP contribution in [-0.2, 0) is 30.3 Å². The van der Waals surface area contributed by atoms with E-state index in [1.165, 1.54) is 17.0 Å². The quantitative estimate of drug-likeness (QED) is 0.205. The van der Waals surface area contributed by atoms with Crippen LogP contribution in [0.25, 0.3) is 16.9 Å². The summed E-state index contributed by atoms with van der Waals surface area (Å²) in [5, 5.41) is 49.1. The molecule has 5 N–H and O–H groups in total. The lowest BCUT2D eigenvalue weighted by atomic mass is 9.57. The zero-order valence-corrected chi connectivity index (χ0v) is 27.6. The minimum absolute atomic E-state index is 0.00322. The molecule has 13 heteroatoms. The molecular formula is C35H39N3O10. The second-order valence-electron chi connectivity index (χ2n) is 12.8. The highest BCUT2D eigenvalue weighted by Crippen LogP contribution is 2.55. The number of hydrogen-bond donors (Lipinski definition) is 5. The van der Waals surface area contributed by atoms with E-state index in [0.29, 0.717) is 16.8 Å². The molecule has 1 saturated carbocycles. The normalized spacial score (nSPS) is 23.4. The largest absolute Gasteiger partial charge is 0.508 e. The summed E-state index contributed by atoms with van der Waals surface area (Å²) in [6, 6.07) is 6.85. The predicted octanol–water partition coefficient (Wildman–Crippen LogP) is 2.09. The number of fused-ring (bicyclic) bond motifs is 3. The number of hydrogen-bond acceptors (Lipinski definition) is 12. The first-order valence-corrected chi connectivity index (χ1v) is 15.5. The Labute approximate surface area is 277 Å². The number of amides is 1. The van der Waals surface area contributed by atoms with Crippen molar-refractivity contribution in [2.75, 3.05) is 46.2 Å². The number of anilines is 1. The smallest absolute Gasteiger partial charge is 0.325 e. The SMILES string of the molecule is CCOC(=O)CNC(=O)c1cccc(-c2cc(N(C)C)c3c(c2O)C(O)=C2C(=O)[C@]4(O)C(O)=C(C(C)=O)C(=O)[C@H](N(C)C)[C@@H]4C[C@@H]2C3)c1. The van der Waals surface area contributed by atoms with Crippen molar-refractivity contribution in [3.8, 4) is 16.9 Å². The average molecular weight is 662 g/mol. The minimum atomic E-state index is -2.68. The van der Waals surface area contributed by atoms with Crippen molar-refractivity contribution >= 4 is 40.7 Å². The number of benzene rings is 2. The monoisotopic (exact) mass is 661 g/mol. The molecule has 0 unspecified atom stereocenters. The number of nitrogens with one attached hydrogen (secondary N) is 1. The lowest BCUT2D eigenvalue weighted by Crippen LogP contribution is -2.65. The third-order valence-electron chi connectivity index (χ3n) is 9.42. The Balaban J connectivity index is 1.65. The van der Waals surface area contributed by atoms with Gasteiger partial charge in [0.15, 0.2) is 17.2 Å². The van der Waals surface area contributed by atoms with Gasteiger partial charge < -0.3 is 35.4 Å². The van der Waals surface area contributed by atoms with Crippen LogP contribution in [0.1, 0.15) is 41.8 Å². The van der Waals surface area contributed by atoms with Crippen LogP contribution < -0.4 is 10.2 Å². The summed E-state index contributed by atoms with van der Waals surface area (Å²) in [4.78, 5) is 68.0. The maximum Gasteiger partial charge on any atom is 0.325 e. The third-order valence-corrected chi connectivity index (χ3v) is 9.42. The number of carbonyl (C=O) groups excluding carboxylic acids is 5. The Morgan fingerprint density at radius 3 is 2.35 bits per heavy atom. The van der Waals surface area contributed by atoms with Crippen molar-refractivity contribution in [2.24, 2.45) is 11.8 Å². The molecule has 2 aromatic rings. The van der Waals surface area contributed by atoms with Gasteiger partial charge in [0.05, 0.1) is 18.2 Å². The number of aromatic hydroxyl groups is 1. The van der Waals surface area contributed by atoms with Gasteiger partial charge in [0.2, 0.25) is 5.78 Å². The third kappa shape index (κ3) is 5.32. The van der Waals surface area contributed by atoms with Gasteiger partial charge in [-0.15, -0.1) is 0 Å². The van der Waals surface area contributed by atoms with Gasteiger partial charge in [-0.2, -0.15) is 0 Å². The van der Waals surface area contributed by atoms with E-state index in [9.17, 15) is 44.4 Å². The summed E-state index contributed by atoms with van der Waals surface area (Å²) >= 11 is 0. The first-order chi connectivity index (χ1) is 22.6. The highest BCUT2D eigenvalue weighted by molar-refractivity contribution is 6.25. The van der Waals surface area contributed by atoms with Crippen LogP contribution in [-0.4, -0.2) is 108 Å². The van der Waals surface area contributed by atoms with E-state index in [-0.39, 0.29) is 54.0 Å².